The number of aromatic amines is 1. The summed E-state index contributed by atoms with van der Waals surface area (Å²) < 4.78 is 0. The fourth-order valence-electron chi connectivity index (χ4n) is 2.88. The second-order valence-corrected chi connectivity index (χ2v) is 7.75. The molecule has 0 bridgehead atoms. The molecule has 0 aliphatic rings. The van der Waals surface area contributed by atoms with Gasteiger partial charge in [-0.2, -0.15) is 0 Å². The maximum absolute atomic E-state index is 12.2. The van der Waals surface area contributed by atoms with Gasteiger partial charge in [-0.1, -0.05) is 13.8 Å². The molecule has 0 atom stereocenters. The molecule has 8 heteroatoms. The molecule has 2 aromatic rings. The highest BCUT2D eigenvalue weighted by Gasteiger charge is 2.35. The number of hydrogen-bond acceptors (Lipinski definition) is 5. The van der Waals surface area contributed by atoms with E-state index >= 15 is 0 Å². The SMILES string of the molecule is CCC(CC)(CNC(=O)CCc1nc2sc(C)c(C)c2c(=O)[nH]1)C(=O)O. The topological polar surface area (TPSA) is 112 Å². The number of aryl methyl sites for hydroxylation is 3. The molecule has 142 valence electrons. The number of carboxylic acid groups (broad SMARTS) is 1. The number of amides is 1. The summed E-state index contributed by atoms with van der Waals surface area (Å²) in [6.07, 6.45) is 1.33. The summed E-state index contributed by atoms with van der Waals surface area (Å²) >= 11 is 1.47. The van der Waals surface area contributed by atoms with Crippen LogP contribution in [0.4, 0.5) is 0 Å². The lowest BCUT2D eigenvalue weighted by Gasteiger charge is -2.26. The summed E-state index contributed by atoms with van der Waals surface area (Å²) in [6, 6.07) is 0. The summed E-state index contributed by atoms with van der Waals surface area (Å²) in [6.45, 7) is 7.55. The van der Waals surface area contributed by atoms with Crippen molar-refractivity contribution in [3.05, 3.63) is 26.6 Å². The van der Waals surface area contributed by atoms with Gasteiger partial charge in [0.25, 0.3) is 5.56 Å². The molecule has 0 saturated carbocycles. The van der Waals surface area contributed by atoms with Crippen LogP contribution < -0.4 is 10.9 Å². The van der Waals surface area contributed by atoms with Crippen LogP contribution in [-0.4, -0.2) is 33.5 Å². The Kier molecular flexibility index (Phi) is 6.17. The van der Waals surface area contributed by atoms with E-state index in [2.05, 4.69) is 15.3 Å². The van der Waals surface area contributed by atoms with Crippen LogP contribution >= 0.6 is 11.3 Å². The number of rotatable bonds is 8. The first kappa shape index (κ1) is 20.1. The number of nitrogens with one attached hydrogen (secondary N) is 2. The summed E-state index contributed by atoms with van der Waals surface area (Å²) in [4.78, 5) is 44.7. The molecule has 0 fully saturated rings. The van der Waals surface area contributed by atoms with E-state index in [9.17, 15) is 19.5 Å². The Hall–Kier alpha value is -2.22. The highest BCUT2D eigenvalue weighted by Crippen LogP contribution is 2.26. The third kappa shape index (κ3) is 3.95. The first-order chi connectivity index (χ1) is 12.2. The molecule has 26 heavy (non-hydrogen) atoms. The van der Waals surface area contributed by atoms with Gasteiger partial charge in [-0.15, -0.1) is 11.3 Å². The molecule has 2 aromatic heterocycles. The van der Waals surface area contributed by atoms with E-state index in [0.29, 0.717) is 35.3 Å². The van der Waals surface area contributed by atoms with Crippen molar-refractivity contribution < 1.29 is 14.7 Å². The van der Waals surface area contributed by atoms with Crippen molar-refractivity contribution in [1.82, 2.24) is 15.3 Å². The van der Waals surface area contributed by atoms with E-state index in [0.717, 1.165) is 10.4 Å². The van der Waals surface area contributed by atoms with E-state index in [1.165, 1.54) is 11.3 Å². The quantitative estimate of drug-likeness (QED) is 0.652. The molecule has 1 amide bonds. The average Bonchev–Trinajstić information content (AvgIpc) is 2.88. The van der Waals surface area contributed by atoms with Crippen molar-refractivity contribution in [3.8, 4) is 0 Å². The zero-order valence-corrected chi connectivity index (χ0v) is 16.4. The maximum Gasteiger partial charge on any atom is 0.311 e. The van der Waals surface area contributed by atoms with Crippen LogP contribution in [0.1, 0.15) is 49.4 Å². The van der Waals surface area contributed by atoms with Gasteiger partial charge in [0.05, 0.1) is 10.8 Å². The van der Waals surface area contributed by atoms with Gasteiger partial charge >= 0.3 is 5.97 Å². The number of nitrogens with zero attached hydrogens (tertiary/aromatic N) is 1. The van der Waals surface area contributed by atoms with Crippen LogP contribution in [0.25, 0.3) is 10.2 Å². The molecule has 0 saturated heterocycles. The molecule has 7 nitrogen and oxygen atoms in total. The number of carbonyl (C=O) groups is 2. The Bertz CT molecular complexity index is 880. The fourth-order valence-corrected chi connectivity index (χ4v) is 3.93. The zero-order valence-electron chi connectivity index (χ0n) is 15.6. The second-order valence-electron chi connectivity index (χ2n) is 6.55. The smallest absolute Gasteiger partial charge is 0.311 e. The Morgan fingerprint density at radius 2 is 1.92 bits per heavy atom. The van der Waals surface area contributed by atoms with Crippen LogP contribution in [0.5, 0.6) is 0 Å². The van der Waals surface area contributed by atoms with E-state index in [-0.39, 0.29) is 24.4 Å². The Morgan fingerprint density at radius 3 is 2.50 bits per heavy atom. The fraction of sp³-hybridized carbons (Fsp3) is 0.556. The standard InChI is InChI=1S/C18H25N3O4S/c1-5-18(6-2,17(24)25)9-19-13(22)8-7-12-20-15(23)14-10(3)11(4)26-16(14)21-12/h5-9H2,1-4H3,(H,19,22)(H,24,25)(H,20,21,23). The second kappa shape index (κ2) is 7.99. The molecular weight excluding hydrogens is 354 g/mol. The minimum absolute atomic E-state index is 0.0977. The summed E-state index contributed by atoms with van der Waals surface area (Å²) in [5, 5.41) is 12.7. The number of aromatic nitrogens is 2. The predicted octanol–water partition coefficient (Wildman–Crippen LogP) is 2.54. The molecule has 0 aromatic carbocycles. The average molecular weight is 379 g/mol. The number of thiophene rings is 1. The van der Waals surface area contributed by atoms with Gasteiger partial charge in [0.15, 0.2) is 0 Å². The van der Waals surface area contributed by atoms with Gasteiger partial charge in [-0.25, -0.2) is 4.98 Å². The first-order valence-corrected chi connectivity index (χ1v) is 9.54. The number of hydrogen-bond donors (Lipinski definition) is 3. The Morgan fingerprint density at radius 1 is 1.27 bits per heavy atom. The highest BCUT2D eigenvalue weighted by atomic mass is 32.1. The van der Waals surface area contributed by atoms with Gasteiger partial charge < -0.3 is 15.4 Å². The molecule has 3 N–H and O–H groups in total. The van der Waals surface area contributed by atoms with E-state index in [1.807, 2.05) is 13.8 Å². The number of H-pyrrole nitrogens is 1. The highest BCUT2D eigenvalue weighted by molar-refractivity contribution is 7.18. The monoisotopic (exact) mass is 379 g/mol. The first-order valence-electron chi connectivity index (χ1n) is 8.73. The Balaban J connectivity index is 2.02. The van der Waals surface area contributed by atoms with Crippen LogP contribution in [0.15, 0.2) is 4.79 Å². The molecule has 0 unspecified atom stereocenters. The molecule has 0 aliphatic heterocycles. The van der Waals surface area contributed by atoms with Crippen molar-refractivity contribution in [3.63, 3.8) is 0 Å². The van der Waals surface area contributed by atoms with Crippen LogP contribution in [0, 0.1) is 19.3 Å². The van der Waals surface area contributed by atoms with E-state index in [1.54, 1.807) is 13.8 Å². The normalized spacial score (nSPS) is 11.7. The number of carboxylic acids is 1. The van der Waals surface area contributed by atoms with E-state index in [4.69, 9.17) is 0 Å². The van der Waals surface area contributed by atoms with Crippen LogP contribution in [-0.2, 0) is 16.0 Å². The minimum atomic E-state index is -0.937. The molecule has 2 rings (SSSR count). The predicted molar refractivity (Wildman–Crippen MR) is 102 cm³/mol. The summed E-state index contributed by atoms with van der Waals surface area (Å²) in [5.74, 6) is -0.684. The van der Waals surface area contributed by atoms with Gasteiger partial charge in [-0.3, -0.25) is 14.4 Å². The number of fused-ring (bicyclic) bond motifs is 1. The van der Waals surface area contributed by atoms with Crippen molar-refractivity contribution in [2.45, 2.75) is 53.4 Å². The van der Waals surface area contributed by atoms with Gasteiger partial charge in [-0.05, 0) is 32.3 Å². The third-order valence-electron chi connectivity index (χ3n) is 5.11. The van der Waals surface area contributed by atoms with Gasteiger partial charge in [0, 0.05) is 24.3 Å². The van der Waals surface area contributed by atoms with Gasteiger partial charge in [0.1, 0.15) is 10.7 Å². The molecular formula is C18H25N3O4S. The largest absolute Gasteiger partial charge is 0.481 e. The summed E-state index contributed by atoms with van der Waals surface area (Å²) in [5.41, 5.74) is -0.186. The van der Waals surface area contributed by atoms with Gasteiger partial charge in [0.2, 0.25) is 5.91 Å². The number of aliphatic carboxylic acids is 1. The van der Waals surface area contributed by atoms with Crippen molar-refractivity contribution in [2.24, 2.45) is 5.41 Å². The van der Waals surface area contributed by atoms with Crippen LogP contribution in [0.2, 0.25) is 0 Å². The molecule has 0 spiro atoms. The lowest BCUT2D eigenvalue weighted by atomic mass is 9.82. The van der Waals surface area contributed by atoms with Crippen molar-refractivity contribution in [1.29, 1.82) is 0 Å². The lowest BCUT2D eigenvalue weighted by molar-refractivity contribution is -0.149. The number of carbonyl (C=O) groups excluding carboxylic acids is 1. The molecule has 2 heterocycles. The molecule has 0 radical (unpaired) electrons. The third-order valence-corrected chi connectivity index (χ3v) is 6.21. The minimum Gasteiger partial charge on any atom is -0.481 e. The van der Waals surface area contributed by atoms with Crippen molar-refractivity contribution >= 4 is 33.4 Å². The van der Waals surface area contributed by atoms with Crippen LogP contribution in [0.3, 0.4) is 0 Å². The maximum atomic E-state index is 12.2. The van der Waals surface area contributed by atoms with E-state index < -0.39 is 11.4 Å². The summed E-state index contributed by atoms with van der Waals surface area (Å²) in [7, 11) is 0. The lowest BCUT2D eigenvalue weighted by Crippen LogP contribution is -2.42. The molecule has 0 aliphatic carbocycles. The van der Waals surface area contributed by atoms with Crippen molar-refractivity contribution in [2.75, 3.05) is 6.54 Å². The Labute approximate surface area is 155 Å². The zero-order chi connectivity index (χ0) is 19.5.